The molecule has 8 nitrogen and oxygen atoms in total. The van der Waals surface area contributed by atoms with Crippen molar-refractivity contribution in [1.82, 2.24) is 10.1 Å². The first kappa shape index (κ1) is 14.3. The fourth-order valence-corrected chi connectivity index (χ4v) is 2.25. The molecule has 1 aromatic heterocycles. The zero-order chi connectivity index (χ0) is 14.5. The number of hydrogen-bond donors (Lipinski definition) is 2. The topological polar surface area (TPSA) is 114 Å². The van der Waals surface area contributed by atoms with Gasteiger partial charge in [0.05, 0.1) is 0 Å². The molecule has 2 rings (SSSR count). The minimum Gasteiger partial charge on any atom is -0.409 e. The second-order valence-corrected chi connectivity index (χ2v) is 4.70. The number of piperidine rings is 1. The van der Waals surface area contributed by atoms with Crippen molar-refractivity contribution in [2.24, 2.45) is 16.8 Å². The quantitative estimate of drug-likeness (QED) is 0.358. The number of oxime groups is 1. The van der Waals surface area contributed by atoms with Crippen molar-refractivity contribution in [1.29, 1.82) is 0 Å². The van der Waals surface area contributed by atoms with E-state index < -0.39 is 0 Å². The molecule has 1 aliphatic rings. The van der Waals surface area contributed by atoms with E-state index in [0.29, 0.717) is 31.7 Å². The summed E-state index contributed by atoms with van der Waals surface area (Å²) in [5.41, 5.74) is 5.85. The number of nitrogens with two attached hydrogens (primary N) is 1. The molecule has 0 saturated carbocycles. The van der Waals surface area contributed by atoms with Crippen molar-refractivity contribution in [3.8, 4) is 0 Å². The van der Waals surface area contributed by atoms with Gasteiger partial charge in [-0.1, -0.05) is 10.3 Å². The molecule has 0 radical (unpaired) electrons. The maximum atomic E-state index is 12.2. The van der Waals surface area contributed by atoms with Crippen LogP contribution in [-0.2, 0) is 11.3 Å². The number of methoxy groups -OCH3 is 1. The van der Waals surface area contributed by atoms with Crippen LogP contribution in [0.4, 0.5) is 0 Å². The van der Waals surface area contributed by atoms with Gasteiger partial charge in [-0.3, -0.25) is 4.79 Å². The van der Waals surface area contributed by atoms with Crippen LogP contribution in [0.1, 0.15) is 29.1 Å². The Balaban J connectivity index is 1.94. The summed E-state index contributed by atoms with van der Waals surface area (Å²) in [4.78, 5) is 13.9. The third-order valence-electron chi connectivity index (χ3n) is 3.38. The van der Waals surface area contributed by atoms with Crippen LogP contribution in [0.25, 0.3) is 0 Å². The summed E-state index contributed by atoms with van der Waals surface area (Å²) in [5, 5.41) is 15.4. The van der Waals surface area contributed by atoms with E-state index >= 15 is 0 Å². The first-order valence-corrected chi connectivity index (χ1v) is 6.37. The van der Waals surface area contributed by atoms with Crippen LogP contribution >= 0.6 is 0 Å². The van der Waals surface area contributed by atoms with Gasteiger partial charge in [0, 0.05) is 32.2 Å². The van der Waals surface area contributed by atoms with Crippen LogP contribution in [0.2, 0.25) is 0 Å². The molecule has 0 aliphatic carbocycles. The van der Waals surface area contributed by atoms with E-state index in [1.807, 2.05) is 0 Å². The Morgan fingerprint density at radius 3 is 2.95 bits per heavy atom. The fourth-order valence-electron chi connectivity index (χ4n) is 2.25. The number of likely N-dealkylation sites (tertiary alicyclic amines) is 1. The molecule has 1 aromatic rings. The molecule has 2 heterocycles. The number of ether oxygens (including phenoxy) is 1. The largest absolute Gasteiger partial charge is 0.409 e. The van der Waals surface area contributed by atoms with Crippen molar-refractivity contribution in [2.75, 3.05) is 20.2 Å². The average molecular weight is 282 g/mol. The Morgan fingerprint density at radius 2 is 2.35 bits per heavy atom. The maximum Gasteiger partial charge on any atom is 0.276 e. The zero-order valence-corrected chi connectivity index (χ0v) is 11.3. The molecule has 1 aliphatic heterocycles. The lowest BCUT2D eigenvalue weighted by Gasteiger charge is -2.30. The summed E-state index contributed by atoms with van der Waals surface area (Å²) >= 11 is 0. The number of hydrogen-bond acceptors (Lipinski definition) is 6. The van der Waals surface area contributed by atoms with Crippen molar-refractivity contribution in [3.05, 3.63) is 17.5 Å². The normalized spacial score (nSPS) is 17.4. The molecule has 1 saturated heterocycles. The lowest BCUT2D eigenvalue weighted by Crippen LogP contribution is -2.41. The van der Waals surface area contributed by atoms with Crippen molar-refractivity contribution in [3.63, 3.8) is 0 Å². The van der Waals surface area contributed by atoms with Gasteiger partial charge in [-0.05, 0) is 12.8 Å². The molecule has 0 unspecified atom stereocenters. The molecule has 0 bridgehead atoms. The summed E-state index contributed by atoms with van der Waals surface area (Å²) in [6.07, 6.45) is 1.34. The van der Waals surface area contributed by atoms with Gasteiger partial charge in [-0.25, -0.2) is 0 Å². The predicted octanol–water partition coefficient (Wildman–Crippen LogP) is 0.420. The van der Waals surface area contributed by atoms with Crippen LogP contribution in [0, 0.1) is 5.92 Å². The van der Waals surface area contributed by atoms with Gasteiger partial charge in [0.2, 0.25) is 0 Å². The number of carbonyl (C=O) groups excluding carboxylic acids is 1. The summed E-state index contributed by atoms with van der Waals surface area (Å²) in [6, 6.07) is 1.58. The lowest BCUT2D eigenvalue weighted by atomic mass is 9.95. The molecule has 0 aromatic carbocycles. The monoisotopic (exact) mass is 282 g/mol. The highest BCUT2D eigenvalue weighted by Crippen LogP contribution is 2.19. The molecule has 110 valence electrons. The lowest BCUT2D eigenvalue weighted by molar-refractivity contribution is 0.0698. The second-order valence-electron chi connectivity index (χ2n) is 4.70. The van der Waals surface area contributed by atoms with Gasteiger partial charge in [-0.2, -0.15) is 0 Å². The van der Waals surface area contributed by atoms with Gasteiger partial charge in [0.25, 0.3) is 5.91 Å². The highest BCUT2D eigenvalue weighted by molar-refractivity contribution is 5.92. The van der Waals surface area contributed by atoms with Crippen molar-refractivity contribution >= 4 is 11.7 Å². The van der Waals surface area contributed by atoms with E-state index in [2.05, 4.69) is 10.3 Å². The van der Waals surface area contributed by atoms with E-state index in [0.717, 1.165) is 0 Å². The third-order valence-corrected chi connectivity index (χ3v) is 3.38. The number of carbonyl (C=O) groups is 1. The predicted molar refractivity (Wildman–Crippen MR) is 69.3 cm³/mol. The second kappa shape index (κ2) is 6.38. The van der Waals surface area contributed by atoms with Crippen LogP contribution in [-0.4, -0.2) is 47.2 Å². The van der Waals surface area contributed by atoms with Crippen LogP contribution in [0.3, 0.4) is 0 Å². The Kier molecular flexibility index (Phi) is 4.57. The number of rotatable bonds is 4. The van der Waals surface area contributed by atoms with E-state index in [-0.39, 0.29) is 30.0 Å². The van der Waals surface area contributed by atoms with Crippen LogP contribution in [0.5, 0.6) is 0 Å². The Bertz CT molecular complexity index is 491. The zero-order valence-electron chi connectivity index (χ0n) is 11.3. The van der Waals surface area contributed by atoms with E-state index in [1.54, 1.807) is 18.1 Å². The molecule has 1 fully saturated rings. The van der Waals surface area contributed by atoms with Crippen LogP contribution < -0.4 is 5.73 Å². The highest BCUT2D eigenvalue weighted by atomic mass is 16.5. The first-order valence-electron chi connectivity index (χ1n) is 6.37. The summed E-state index contributed by atoms with van der Waals surface area (Å²) in [6.45, 7) is 1.38. The van der Waals surface area contributed by atoms with Crippen LogP contribution in [0.15, 0.2) is 15.7 Å². The Hall–Kier alpha value is -2.09. The SMILES string of the molecule is COCc1cc(C(=O)N2CCC(C(N)=NO)CC2)no1. The highest BCUT2D eigenvalue weighted by Gasteiger charge is 2.27. The summed E-state index contributed by atoms with van der Waals surface area (Å²) in [5.74, 6) is 0.586. The summed E-state index contributed by atoms with van der Waals surface area (Å²) < 4.78 is 9.91. The van der Waals surface area contributed by atoms with Gasteiger partial charge >= 0.3 is 0 Å². The molecule has 0 spiro atoms. The third kappa shape index (κ3) is 3.08. The fraction of sp³-hybridized carbons (Fsp3) is 0.583. The van der Waals surface area contributed by atoms with Gasteiger partial charge in [0.1, 0.15) is 12.4 Å². The smallest absolute Gasteiger partial charge is 0.276 e. The molecular weight excluding hydrogens is 264 g/mol. The average Bonchev–Trinajstić information content (AvgIpc) is 2.95. The standard InChI is InChI=1S/C12H18N4O4/c1-19-7-9-6-10(15-20-9)12(17)16-4-2-8(3-5-16)11(13)14-18/h6,8,18H,2-5,7H2,1H3,(H2,13,14). The first-order chi connectivity index (χ1) is 9.65. The number of nitrogens with zero attached hydrogens (tertiary/aromatic N) is 3. The van der Waals surface area contributed by atoms with Crippen molar-refractivity contribution < 1.29 is 19.3 Å². The molecule has 3 N–H and O–H groups in total. The molecule has 0 atom stereocenters. The number of amidine groups is 1. The molecule has 1 amide bonds. The van der Waals surface area contributed by atoms with Gasteiger partial charge in [0.15, 0.2) is 11.5 Å². The minimum atomic E-state index is -0.172. The number of amides is 1. The van der Waals surface area contributed by atoms with E-state index in [1.165, 1.54) is 0 Å². The molecule has 8 heteroatoms. The molecular formula is C12H18N4O4. The van der Waals surface area contributed by atoms with E-state index in [4.69, 9.17) is 20.2 Å². The maximum absolute atomic E-state index is 12.2. The molecule has 20 heavy (non-hydrogen) atoms. The Morgan fingerprint density at radius 1 is 1.65 bits per heavy atom. The Labute approximate surface area is 116 Å². The van der Waals surface area contributed by atoms with Gasteiger partial charge in [-0.15, -0.1) is 0 Å². The van der Waals surface area contributed by atoms with Crippen molar-refractivity contribution in [2.45, 2.75) is 19.4 Å². The van der Waals surface area contributed by atoms with Gasteiger partial charge < -0.3 is 25.1 Å². The number of aromatic nitrogens is 1. The minimum absolute atomic E-state index is 0.0189. The van der Waals surface area contributed by atoms with E-state index in [9.17, 15) is 4.79 Å². The summed E-state index contributed by atoms with van der Waals surface area (Å²) in [7, 11) is 1.54.